The molecule has 0 saturated heterocycles. The highest BCUT2D eigenvalue weighted by Crippen LogP contribution is 2.29. The maximum Gasteiger partial charge on any atom is 0.343 e. The van der Waals surface area contributed by atoms with Crippen molar-refractivity contribution in [1.82, 2.24) is 15.7 Å². The lowest BCUT2D eigenvalue weighted by molar-refractivity contribution is -0.195. The summed E-state index contributed by atoms with van der Waals surface area (Å²) in [6, 6.07) is 9.65. The summed E-state index contributed by atoms with van der Waals surface area (Å²) in [5, 5.41) is 6.26. The zero-order valence-corrected chi connectivity index (χ0v) is 28.3. The Bertz CT molecular complexity index is 1630. The molecule has 0 radical (unpaired) electrons. The number of hydroxylamine groups is 2. The predicted molar refractivity (Wildman–Crippen MR) is 174 cm³/mol. The molecule has 3 amide bonds. The number of methoxy groups -OCH3 is 2. The summed E-state index contributed by atoms with van der Waals surface area (Å²) in [5.74, 6) is -4.70. The minimum atomic E-state index is -0.888. The highest BCUT2D eigenvalue weighted by atomic mass is 19.1. The van der Waals surface area contributed by atoms with Crippen LogP contribution in [0, 0.1) is 17.6 Å². The first kappa shape index (κ1) is 39.1. The monoisotopic (exact) mass is 701 g/mol. The molecule has 2 N–H and O–H groups in total. The first-order chi connectivity index (χ1) is 24.0. The summed E-state index contributed by atoms with van der Waals surface area (Å²) < 4.78 is 48.4. The lowest BCUT2D eigenvalue weighted by Gasteiger charge is -2.32. The fraction of sp³-hybridized carbons (Fsp3) is 0.400. The van der Waals surface area contributed by atoms with Crippen LogP contribution in [0.3, 0.4) is 0 Å². The molecule has 0 bridgehead atoms. The molecule has 3 aromatic rings. The van der Waals surface area contributed by atoms with Crippen LogP contribution in [0.15, 0.2) is 52.9 Å². The minimum Gasteiger partial charge on any atom is -0.482 e. The quantitative estimate of drug-likeness (QED) is 0.0561. The Hall–Kier alpha value is -5.31. The van der Waals surface area contributed by atoms with Crippen LogP contribution >= 0.6 is 0 Å². The molecule has 13 nitrogen and oxygen atoms in total. The Kier molecular flexibility index (Phi) is 15.4. The lowest BCUT2D eigenvalue weighted by Crippen LogP contribution is -2.48. The average molecular weight is 702 g/mol. The van der Waals surface area contributed by atoms with Crippen molar-refractivity contribution in [1.29, 1.82) is 0 Å². The van der Waals surface area contributed by atoms with Gasteiger partial charge in [-0.2, -0.15) is 0 Å². The van der Waals surface area contributed by atoms with Gasteiger partial charge in [-0.3, -0.25) is 19.2 Å². The Morgan fingerprint density at radius 2 is 1.76 bits per heavy atom. The van der Waals surface area contributed by atoms with E-state index in [2.05, 4.69) is 15.4 Å². The Morgan fingerprint density at radius 1 is 0.980 bits per heavy atom. The highest BCUT2D eigenvalue weighted by molar-refractivity contribution is 5.93. The first-order valence-corrected chi connectivity index (χ1v) is 15.9. The summed E-state index contributed by atoms with van der Waals surface area (Å²) in [4.78, 5) is 67.8. The van der Waals surface area contributed by atoms with Gasteiger partial charge >= 0.3 is 11.9 Å². The molecule has 3 rings (SSSR count). The third kappa shape index (κ3) is 11.1. The molecule has 1 aromatic heterocycles. The van der Waals surface area contributed by atoms with Crippen molar-refractivity contribution in [2.45, 2.75) is 52.0 Å². The molecule has 15 heteroatoms. The van der Waals surface area contributed by atoms with Crippen LogP contribution in [0.1, 0.15) is 66.0 Å². The summed E-state index contributed by atoms with van der Waals surface area (Å²) in [7, 11) is 2.40. The topological polar surface area (TPSA) is 163 Å². The molecule has 0 saturated carbocycles. The molecule has 0 spiro atoms. The number of rotatable bonds is 20. The summed E-state index contributed by atoms with van der Waals surface area (Å²) in [5.41, 5.74) is 0.637. The van der Waals surface area contributed by atoms with Crippen LogP contribution in [0.25, 0.3) is 11.3 Å². The third-order valence-corrected chi connectivity index (χ3v) is 7.67. The molecule has 0 aliphatic heterocycles. The molecule has 0 unspecified atom stereocenters. The number of nitrogens with zero attached hydrogens (tertiary/aromatic N) is 1. The Labute approximate surface area is 288 Å². The number of nitrogens with one attached hydrogen (secondary N) is 2. The standard InChI is InChI=1S/C35H41F2N3O10/c1-5-7-14-49-40(21-41)29(6-2)27(11-9-22-8-10-25(36)18-28(22)37)33(43)38-20-39-34(44)31-13-12-30(50-31)23-15-24(35(45)47-4)17-26(16-23)48-19-32(42)46-3/h8,10,12-13,15-18,21,27,29H,5-7,9,11,14,19-20H2,1-4H3,(H,38,43)(H,39,44)/t27-,29-/m1/s1. The van der Waals surface area contributed by atoms with Crippen molar-refractivity contribution < 1.29 is 56.2 Å². The van der Waals surface area contributed by atoms with Gasteiger partial charge < -0.3 is 29.3 Å². The highest BCUT2D eigenvalue weighted by Gasteiger charge is 2.32. The van der Waals surface area contributed by atoms with Crippen molar-refractivity contribution in [3.8, 4) is 17.1 Å². The van der Waals surface area contributed by atoms with E-state index in [9.17, 15) is 32.8 Å². The Morgan fingerprint density at radius 3 is 2.42 bits per heavy atom. The van der Waals surface area contributed by atoms with E-state index in [1.807, 2.05) is 6.92 Å². The molecular formula is C35H41F2N3O10. The molecule has 0 aliphatic rings. The van der Waals surface area contributed by atoms with E-state index in [0.29, 0.717) is 24.8 Å². The van der Waals surface area contributed by atoms with Crippen molar-refractivity contribution in [3.05, 3.63) is 77.1 Å². The van der Waals surface area contributed by atoms with Gasteiger partial charge in [-0.05, 0) is 67.6 Å². The average Bonchev–Trinajstić information content (AvgIpc) is 3.62. The summed E-state index contributed by atoms with van der Waals surface area (Å²) in [6.45, 7) is 3.24. The number of carbonyl (C=O) groups excluding carboxylic acids is 5. The van der Waals surface area contributed by atoms with Gasteiger partial charge in [0.15, 0.2) is 12.4 Å². The number of benzene rings is 2. The SMILES string of the molecule is CCCCON(C=O)[C@H](CC)[C@@H](CCc1ccc(F)cc1F)C(=O)NCNC(=O)c1ccc(-c2cc(OCC(=O)OC)cc(C(=O)OC)c2)o1. The number of unbranched alkanes of at least 4 members (excludes halogenated alkanes) is 1. The fourth-order valence-corrected chi connectivity index (χ4v) is 5.00. The van der Waals surface area contributed by atoms with Gasteiger partial charge in [-0.15, -0.1) is 0 Å². The zero-order chi connectivity index (χ0) is 36.6. The van der Waals surface area contributed by atoms with Crippen LogP contribution in [0.5, 0.6) is 5.75 Å². The summed E-state index contributed by atoms with van der Waals surface area (Å²) in [6.07, 6.45) is 2.47. The zero-order valence-electron chi connectivity index (χ0n) is 28.3. The van der Waals surface area contributed by atoms with Crippen LogP contribution < -0.4 is 15.4 Å². The molecule has 50 heavy (non-hydrogen) atoms. The van der Waals surface area contributed by atoms with Gasteiger partial charge in [-0.1, -0.05) is 26.3 Å². The number of ether oxygens (including phenoxy) is 3. The maximum atomic E-state index is 14.4. The number of furan rings is 1. The largest absolute Gasteiger partial charge is 0.482 e. The molecule has 0 aliphatic carbocycles. The first-order valence-electron chi connectivity index (χ1n) is 15.9. The van der Waals surface area contributed by atoms with Gasteiger partial charge in [0.05, 0.1) is 45.0 Å². The number of carbonyl (C=O) groups is 5. The van der Waals surface area contributed by atoms with Crippen LogP contribution in [0.2, 0.25) is 0 Å². The minimum absolute atomic E-state index is 0.0660. The number of amides is 3. The van der Waals surface area contributed by atoms with Crippen molar-refractivity contribution in [3.63, 3.8) is 0 Å². The number of halogens is 2. The van der Waals surface area contributed by atoms with Crippen molar-refractivity contribution >= 4 is 30.2 Å². The summed E-state index contributed by atoms with van der Waals surface area (Å²) >= 11 is 0. The lowest BCUT2D eigenvalue weighted by atomic mass is 9.89. The van der Waals surface area contributed by atoms with E-state index < -0.39 is 54.0 Å². The van der Waals surface area contributed by atoms with E-state index in [1.54, 1.807) is 6.92 Å². The Balaban J connectivity index is 1.73. The van der Waals surface area contributed by atoms with E-state index in [0.717, 1.165) is 23.6 Å². The van der Waals surface area contributed by atoms with Gasteiger partial charge in [0.25, 0.3) is 5.91 Å². The third-order valence-electron chi connectivity index (χ3n) is 7.67. The second kappa shape index (κ2) is 19.6. The van der Waals surface area contributed by atoms with Crippen molar-refractivity contribution in [2.75, 3.05) is 34.1 Å². The van der Waals surface area contributed by atoms with Crippen LogP contribution in [-0.4, -0.2) is 75.4 Å². The van der Waals surface area contributed by atoms with E-state index in [-0.39, 0.29) is 54.5 Å². The maximum absolute atomic E-state index is 14.4. The van der Waals surface area contributed by atoms with Crippen LogP contribution in [-0.2, 0) is 35.1 Å². The van der Waals surface area contributed by atoms with Gasteiger partial charge in [0, 0.05) is 11.6 Å². The van der Waals surface area contributed by atoms with E-state index in [1.165, 1.54) is 50.6 Å². The molecular weight excluding hydrogens is 660 g/mol. The normalized spacial score (nSPS) is 12.0. The van der Waals surface area contributed by atoms with Crippen LogP contribution in [0.4, 0.5) is 8.78 Å². The van der Waals surface area contributed by atoms with Crippen molar-refractivity contribution in [2.24, 2.45) is 5.92 Å². The van der Waals surface area contributed by atoms with E-state index in [4.69, 9.17) is 18.7 Å². The second-order valence-corrected chi connectivity index (χ2v) is 11.0. The fourth-order valence-electron chi connectivity index (χ4n) is 5.00. The molecule has 2 aromatic carbocycles. The molecule has 1 heterocycles. The molecule has 270 valence electrons. The number of hydrogen-bond acceptors (Lipinski definition) is 10. The molecule has 0 fully saturated rings. The second-order valence-electron chi connectivity index (χ2n) is 11.0. The van der Waals surface area contributed by atoms with E-state index >= 15 is 0 Å². The predicted octanol–water partition coefficient (Wildman–Crippen LogP) is 4.58. The number of hydrogen-bond donors (Lipinski definition) is 2. The van der Waals surface area contributed by atoms with Gasteiger partial charge in [0.2, 0.25) is 12.3 Å². The van der Waals surface area contributed by atoms with Gasteiger partial charge in [-0.25, -0.2) is 23.4 Å². The molecule has 2 atom stereocenters. The van der Waals surface area contributed by atoms with Gasteiger partial charge in [0.1, 0.15) is 23.1 Å². The number of esters is 2. The number of aryl methyl sites for hydroxylation is 1. The smallest absolute Gasteiger partial charge is 0.343 e.